The monoisotopic (exact) mass is 292 g/mol. The molecular weight excluding hydrogens is 288 g/mol. The Morgan fingerprint density at radius 3 is 2.67 bits per heavy atom. The molecule has 0 aliphatic carbocycles. The van der Waals surface area contributed by atoms with E-state index in [4.69, 9.17) is 5.84 Å². The average molecular weight is 294 g/mol. The summed E-state index contributed by atoms with van der Waals surface area (Å²) in [5.41, 5.74) is 0.568. The van der Waals surface area contributed by atoms with E-state index in [0.717, 1.165) is 4.47 Å². The number of benzene rings is 1. The Balaban J connectivity index is 3.27. The first-order chi connectivity index (χ1) is 5.65. The summed E-state index contributed by atoms with van der Waals surface area (Å²) >= 11 is 6.46. The first-order valence-corrected chi connectivity index (χ1v) is 4.65. The molecule has 0 saturated heterocycles. The maximum atomic E-state index is 9.44. The van der Waals surface area contributed by atoms with Gasteiger partial charge in [-0.05, 0) is 28.1 Å². The van der Waals surface area contributed by atoms with Crippen LogP contribution < -0.4 is 5.84 Å². The minimum Gasteiger partial charge on any atom is -0.506 e. The summed E-state index contributed by atoms with van der Waals surface area (Å²) in [7, 11) is 0. The number of nitrogens with zero attached hydrogens (tertiary/aromatic N) is 1. The molecule has 0 fully saturated rings. The lowest BCUT2D eigenvalue weighted by Crippen LogP contribution is -1.88. The van der Waals surface area contributed by atoms with Gasteiger partial charge < -0.3 is 10.9 Å². The third-order valence-electron chi connectivity index (χ3n) is 1.27. The molecule has 0 radical (unpaired) electrons. The summed E-state index contributed by atoms with van der Waals surface area (Å²) < 4.78 is 1.45. The van der Waals surface area contributed by atoms with E-state index in [-0.39, 0.29) is 5.75 Å². The number of phenols is 1. The van der Waals surface area contributed by atoms with Crippen molar-refractivity contribution in [2.45, 2.75) is 0 Å². The van der Waals surface area contributed by atoms with E-state index in [0.29, 0.717) is 10.0 Å². The molecule has 3 N–H and O–H groups in total. The van der Waals surface area contributed by atoms with Crippen molar-refractivity contribution in [2.75, 3.05) is 0 Å². The van der Waals surface area contributed by atoms with Gasteiger partial charge in [0, 0.05) is 10.0 Å². The fourth-order valence-electron chi connectivity index (χ4n) is 0.765. The molecular formula is C7H6Br2N2O. The predicted octanol–water partition coefficient (Wildman–Crippen LogP) is 2.21. The summed E-state index contributed by atoms with van der Waals surface area (Å²) in [6, 6.07) is 3.46. The van der Waals surface area contributed by atoms with E-state index >= 15 is 0 Å². The molecule has 0 aromatic heterocycles. The van der Waals surface area contributed by atoms with Gasteiger partial charge in [-0.15, -0.1) is 0 Å². The first-order valence-electron chi connectivity index (χ1n) is 3.06. The lowest BCUT2D eigenvalue weighted by Gasteiger charge is -2.01. The highest BCUT2D eigenvalue weighted by Gasteiger charge is 2.04. The van der Waals surface area contributed by atoms with Gasteiger partial charge in [0.15, 0.2) is 0 Å². The minimum atomic E-state index is 0.132. The Hall–Kier alpha value is -0.550. The number of hydrogen-bond donors (Lipinski definition) is 2. The zero-order chi connectivity index (χ0) is 9.14. The molecule has 0 aliphatic rings. The highest BCUT2D eigenvalue weighted by molar-refractivity contribution is 9.11. The van der Waals surface area contributed by atoms with Crippen molar-refractivity contribution in [3.63, 3.8) is 0 Å². The number of hydrogen-bond acceptors (Lipinski definition) is 3. The molecule has 12 heavy (non-hydrogen) atoms. The third-order valence-corrected chi connectivity index (χ3v) is 2.33. The van der Waals surface area contributed by atoms with Crippen LogP contribution >= 0.6 is 31.9 Å². The normalized spacial score (nSPS) is 10.8. The molecule has 0 unspecified atom stereocenters. The molecule has 1 aromatic carbocycles. The van der Waals surface area contributed by atoms with Crippen molar-refractivity contribution in [1.29, 1.82) is 0 Å². The van der Waals surface area contributed by atoms with E-state index in [1.807, 2.05) is 0 Å². The number of aromatic hydroxyl groups is 1. The maximum absolute atomic E-state index is 9.44. The predicted molar refractivity (Wildman–Crippen MR) is 55.3 cm³/mol. The van der Waals surface area contributed by atoms with Gasteiger partial charge in [-0.1, -0.05) is 15.9 Å². The zero-order valence-corrected chi connectivity index (χ0v) is 9.13. The standard InChI is InChI=1S/C7H6Br2N2O/c8-5-1-4(3-11-10)7(12)6(9)2-5/h1-3,12H,10H2/b11-3+. The van der Waals surface area contributed by atoms with Gasteiger partial charge in [0.2, 0.25) is 0 Å². The van der Waals surface area contributed by atoms with Crippen molar-refractivity contribution >= 4 is 38.1 Å². The fourth-order valence-corrected chi connectivity index (χ4v) is 2.02. The van der Waals surface area contributed by atoms with Crippen LogP contribution in [0.5, 0.6) is 5.75 Å². The Labute approximate surface area is 86.5 Å². The second-order valence-corrected chi connectivity index (χ2v) is 3.87. The van der Waals surface area contributed by atoms with Gasteiger partial charge in [0.05, 0.1) is 10.7 Å². The molecule has 0 amide bonds. The highest BCUT2D eigenvalue weighted by atomic mass is 79.9. The third kappa shape index (κ3) is 1.98. The van der Waals surface area contributed by atoms with Gasteiger partial charge in [-0.25, -0.2) is 0 Å². The Kier molecular flexibility index (Phi) is 3.11. The van der Waals surface area contributed by atoms with E-state index < -0.39 is 0 Å². The minimum absolute atomic E-state index is 0.132. The number of halogens is 2. The second-order valence-electron chi connectivity index (χ2n) is 2.10. The molecule has 0 saturated carbocycles. The summed E-state index contributed by atoms with van der Waals surface area (Å²) in [5.74, 6) is 5.09. The molecule has 64 valence electrons. The maximum Gasteiger partial charge on any atom is 0.138 e. The van der Waals surface area contributed by atoms with Crippen LogP contribution in [0.15, 0.2) is 26.2 Å². The lowest BCUT2D eigenvalue weighted by atomic mass is 10.2. The molecule has 3 nitrogen and oxygen atoms in total. The Bertz CT molecular complexity index is 325. The van der Waals surface area contributed by atoms with Crippen LogP contribution in [-0.4, -0.2) is 11.3 Å². The smallest absolute Gasteiger partial charge is 0.138 e. The number of nitrogens with two attached hydrogens (primary N) is 1. The van der Waals surface area contributed by atoms with Crippen molar-refractivity contribution in [3.05, 3.63) is 26.6 Å². The summed E-state index contributed by atoms with van der Waals surface area (Å²) in [6.45, 7) is 0. The Morgan fingerprint density at radius 2 is 2.08 bits per heavy atom. The quantitative estimate of drug-likeness (QED) is 0.474. The van der Waals surface area contributed by atoms with Crippen LogP contribution in [0.3, 0.4) is 0 Å². The topological polar surface area (TPSA) is 58.6 Å². The Morgan fingerprint density at radius 1 is 1.42 bits per heavy atom. The summed E-state index contributed by atoms with van der Waals surface area (Å²) in [5, 5.41) is 12.8. The van der Waals surface area contributed by atoms with Gasteiger partial charge in [0.25, 0.3) is 0 Å². The van der Waals surface area contributed by atoms with E-state index in [9.17, 15) is 5.11 Å². The fraction of sp³-hybridized carbons (Fsp3) is 0. The van der Waals surface area contributed by atoms with Crippen molar-refractivity contribution in [2.24, 2.45) is 10.9 Å². The van der Waals surface area contributed by atoms with E-state index in [1.54, 1.807) is 12.1 Å². The molecule has 0 bridgehead atoms. The molecule has 1 aromatic rings. The molecule has 0 spiro atoms. The van der Waals surface area contributed by atoms with Crippen LogP contribution in [0.4, 0.5) is 0 Å². The van der Waals surface area contributed by atoms with Gasteiger partial charge in [-0.3, -0.25) is 0 Å². The lowest BCUT2D eigenvalue weighted by molar-refractivity contribution is 0.471. The second kappa shape index (κ2) is 3.91. The highest BCUT2D eigenvalue weighted by Crippen LogP contribution is 2.30. The first kappa shape index (κ1) is 9.54. The summed E-state index contributed by atoms with van der Waals surface area (Å²) in [6.07, 6.45) is 1.38. The molecule has 1 rings (SSSR count). The number of phenolic OH excluding ortho intramolecular Hbond substituents is 1. The zero-order valence-electron chi connectivity index (χ0n) is 5.96. The van der Waals surface area contributed by atoms with Crippen molar-refractivity contribution in [1.82, 2.24) is 0 Å². The number of hydrazone groups is 1. The summed E-state index contributed by atoms with van der Waals surface area (Å²) in [4.78, 5) is 0. The van der Waals surface area contributed by atoms with E-state index in [2.05, 4.69) is 37.0 Å². The van der Waals surface area contributed by atoms with Crippen LogP contribution in [0.25, 0.3) is 0 Å². The van der Waals surface area contributed by atoms with Crippen LogP contribution in [-0.2, 0) is 0 Å². The van der Waals surface area contributed by atoms with Crippen molar-refractivity contribution < 1.29 is 5.11 Å². The van der Waals surface area contributed by atoms with Gasteiger partial charge in [0.1, 0.15) is 5.75 Å². The van der Waals surface area contributed by atoms with Crippen molar-refractivity contribution in [3.8, 4) is 5.75 Å². The van der Waals surface area contributed by atoms with Crippen LogP contribution in [0, 0.1) is 0 Å². The largest absolute Gasteiger partial charge is 0.506 e. The molecule has 5 heteroatoms. The molecule has 0 heterocycles. The number of rotatable bonds is 1. The molecule has 0 aliphatic heterocycles. The molecule has 0 atom stereocenters. The van der Waals surface area contributed by atoms with Gasteiger partial charge >= 0.3 is 0 Å². The van der Waals surface area contributed by atoms with Crippen LogP contribution in [0.1, 0.15) is 5.56 Å². The average Bonchev–Trinajstić information content (AvgIpc) is 2.00. The van der Waals surface area contributed by atoms with E-state index in [1.165, 1.54) is 6.21 Å². The van der Waals surface area contributed by atoms with Gasteiger partial charge in [-0.2, -0.15) is 5.10 Å². The van der Waals surface area contributed by atoms with Crippen LogP contribution in [0.2, 0.25) is 0 Å². The SMILES string of the molecule is N/N=C/c1cc(Br)cc(Br)c1O.